The predicted molar refractivity (Wildman–Crippen MR) is 69.8 cm³/mol. The monoisotopic (exact) mass is 297 g/mol. The maximum Gasteiger partial charge on any atom is 0.321 e. The van der Waals surface area contributed by atoms with Crippen molar-refractivity contribution in [1.29, 1.82) is 0 Å². The molecule has 1 unspecified atom stereocenters. The van der Waals surface area contributed by atoms with Gasteiger partial charge in [0.25, 0.3) is 0 Å². The summed E-state index contributed by atoms with van der Waals surface area (Å²) in [7, 11) is 0. The second-order valence-electron chi connectivity index (χ2n) is 3.55. The summed E-state index contributed by atoms with van der Waals surface area (Å²) in [5.74, 6) is -2.84. The van der Waals surface area contributed by atoms with Crippen LogP contribution in [0.25, 0.3) is 0 Å². The molecule has 0 amide bonds. The quantitative estimate of drug-likeness (QED) is 0.305. The number of hydrogen-bond acceptors (Lipinski definition) is 7. The number of carboxylic acids is 3. The Balaban J connectivity index is 0. The molecule has 0 aliphatic rings. The molecule has 112 valence electrons. The van der Waals surface area contributed by atoms with Crippen LogP contribution in [0, 0.1) is 0 Å². The Kier molecular flexibility index (Phi) is 11.1. The molecule has 0 radical (unpaired) electrons. The third-order valence-corrected chi connectivity index (χ3v) is 2.81. The molecular formula is C9H19N3O6S. The molecule has 0 aliphatic heterocycles. The van der Waals surface area contributed by atoms with Gasteiger partial charge in [-0.15, -0.1) is 0 Å². The van der Waals surface area contributed by atoms with Crippen LogP contribution < -0.4 is 17.2 Å². The molecule has 19 heavy (non-hydrogen) atoms. The summed E-state index contributed by atoms with van der Waals surface area (Å²) in [5, 5.41) is 24.6. The van der Waals surface area contributed by atoms with Crippen molar-refractivity contribution in [3.63, 3.8) is 0 Å². The molecule has 0 aliphatic carbocycles. The van der Waals surface area contributed by atoms with Crippen molar-refractivity contribution >= 4 is 29.7 Å². The van der Waals surface area contributed by atoms with Crippen LogP contribution in [-0.4, -0.2) is 62.9 Å². The van der Waals surface area contributed by atoms with E-state index in [1.807, 2.05) is 0 Å². The van der Waals surface area contributed by atoms with E-state index in [4.69, 9.17) is 32.5 Å². The van der Waals surface area contributed by atoms with Crippen molar-refractivity contribution in [3.05, 3.63) is 0 Å². The van der Waals surface area contributed by atoms with Gasteiger partial charge in [0.05, 0.1) is 0 Å². The first-order valence-corrected chi connectivity index (χ1v) is 6.28. The second kappa shape index (κ2) is 10.6. The number of carboxylic acid groups (broad SMARTS) is 3. The Morgan fingerprint density at radius 2 is 1.16 bits per heavy atom. The molecule has 0 heterocycles. The first-order valence-electron chi connectivity index (χ1n) is 5.12. The molecule has 0 fully saturated rings. The lowest BCUT2D eigenvalue weighted by Gasteiger charge is -2.07. The Morgan fingerprint density at radius 1 is 0.895 bits per heavy atom. The molecule has 9 N–H and O–H groups in total. The number of aliphatic carboxylic acids is 3. The zero-order chi connectivity index (χ0) is 15.6. The zero-order valence-corrected chi connectivity index (χ0v) is 11.2. The van der Waals surface area contributed by atoms with Gasteiger partial charge in [-0.1, -0.05) is 0 Å². The second-order valence-corrected chi connectivity index (χ2v) is 4.63. The van der Waals surface area contributed by atoms with Crippen LogP contribution in [0.4, 0.5) is 0 Å². The highest BCUT2D eigenvalue weighted by Crippen LogP contribution is 2.03. The number of carbonyl (C=O) groups is 3. The van der Waals surface area contributed by atoms with Crippen LogP contribution >= 0.6 is 11.8 Å². The van der Waals surface area contributed by atoms with E-state index < -0.39 is 36.0 Å². The lowest BCUT2D eigenvalue weighted by atomic mass is 10.4. The van der Waals surface area contributed by atoms with Gasteiger partial charge in [0.2, 0.25) is 0 Å². The molecule has 10 heteroatoms. The smallest absolute Gasteiger partial charge is 0.321 e. The van der Waals surface area contributed by atoms with Crippen LogP contribution in [0.5, 0.6) is 0 Å². The summed E-state index contributed by atoms with van der Waals surface area (Å²) in [6.45, 7) is 1.42. The van der Waals surface area contributed by atoms with Gasteiger partial charge in [-0.25, -0.2) is 0 Å². The Bertz CT molecular complexity index is 292. The van der Waals surface area contributed by atoms with E-state index >= 15 is 0 Å². The highest BCUT2D eigenvalue weighted by molar-refractivity contribution is 7.99. The summed E-state index contributed by atoms with van der Waals surface area (Å²) in [6.07, 6.45) is 0. The summed E-state index contributed by atoms with van der Waals surface area (Å²) in [4.78, 5) is 30.0. The van der Waals surface area contributed by atoms with Crippen molar-refractivity contribution in [2.45, 2.75) is 25.0 Å². The Morgan fingerprint density at radius 3 is 1.32 bits per heavy atom. The highest BCUT2D eigenvalue weighted by Gasteiger charge is 2.15. The molecule has 9 nitrogen and oxygen atoms in total. The number of thioether (sulfide) groups is 1. The van der Waals surface area contributed by atoms with E-state index in [1.165, 1.54) is 6.92 Å². The van der Waals surface area contributed by atoms with Gasteiger partial charge in [-0.3, -0.25) is 14.4 Å². The third-order valence-electron chi connectivity index (χ3n) is 1.62. The van der Waals surface area contributed by atoms with E-state index in [9.17, 15) is 14.4 Å². The highest BCUT2D eigenvalue weighted by atomic mass is 32.2. The van der Waals surface area contributed by atoms with E-state index in [1.54, 1.807) is 0 Å². The minimum absolute atomic E-state index is 0.163. The summed E-state index contributed by atoms with van der Waals surface area (Å²) < 4.78 is 0. The first-order chi connectivity index (χ1) is 8.59. The van der Waals surface area contributed by atoms with E-state index in [0.29, 0.717) is 0 Å². The van der Waals surface area contributed by atoms with Gasteiger partial charge in [0.15, 0.2) is 0 Å². The lowest BCUT2D eigenvalue weighted by molar-refractivity contribution is -0.139. The van der Waals surface area contributed by atoms with Crippen LogP contribution in [0.1, 0.15) is 6.92 Å². The summed E-state index contributed by atoms with van der Waals surface area (Å²) in [6, 6.07) is -2.66. The van der Waals surface area contributed by atoms with Gasteiger partial charge in [-0.05, 0) is 6.92 Å². The Hall–Kier alpha value is -1.36. The minimum Gasteiger partial charge on any atom is -0.480 e. The maximum absolute atomic E-state index is 10.2. The van der Waals surface area contributed by atoms with Gasteiger partial charge in [-0.2, -0.15) is 11.8 Å². The van der Waals surface area contributed by atoms with Crippen molar-refractivity contribution in [2.75, 3.05) is 11.5 Å². The fourth-order valence-corrected chi connectivity index (χ4v) is 1.39. The maximum atomic E-state index is 10.2. The lowest BCUT2D eigenvalue weighted by Crippen LogP contribution is -2.36. The largest absolute Gasteiger partial charge is 0.480 e. The topological polar surface area (TPSA) is 190 Å². The molecule has 0 aromatic heterocycles. The van der Waals surface area contributed by atoms with E-state index in [2.05, 4.69) is 0 Å². The molecule has 0 spiro atoms. The standard InChI is InChI=1S/C6H12N2O4S.C3H7NO2/c7-3(5(9)10)1-13-2-4(8)6(11)12;1-2(4)3(5)6/h3-4H,1-2,7-8H2,(H,9,10)(H,11,12);2H,4H2,1H3,(H,5,6)/t3-,4?;2-/m00/s1. The predicted octanol–water partition coefficient (Wildman–Crippen LogP) is -2.04. The molecule has 0 bridgehead atoms. The first kappa shape index (κ1) is 20.0. The summed E-state index contributed by atoms with van der Waals surface area (Å²) >= 11 is 1.11. The van der Waals surface area contributed by atoms with Gasteiger partial charge in [0.1, 0.15) is 18.1 Å². The summed E-state index contributed by atoms with van der Waals surface area (Å²) in [5.41, 5.74) is 15.2. The molecule has 0 aromatic rings. The molecule has 3 atom stereocenters. The Labute approximate surface area is 114 Å². The van der Waals surface area contributed by atoms with E-state index in [-0.39, 0.29) is 11.5 Å². The third kappa shape index (κ3) is 12.9. The zero-order valence-electron chi connectivity index (χ0n) is 10.4. The molecule has 0 rings (SSSR count). The molecule has 0 aromatic carbocycles. The van der Waals surface area contributed by atoms with E-state index in [0.717, 1.165) is 11.8 Å². The van der Waals surface area contributed by atoms with Crippen molar-refractivity contribution in [2.24, 2.45) is 17.2 Å². The van der Waals surface area contributed by atoms with Crippen LogP contribution in [-0.2, 0) is 14.4 Å². The SMILES string of the molecule is C[C@H](N)C(=O)O.NC(CSC[C@H](N)C(=O)O)C(=O)O. The fraction of sp³-hybridized carbons (Fsp3) is 0.667. The van der Waals surface area contributed by atoms with Gasteiger partial charge < -0.3 is 32.5 Å². The normalized spacial score (nSPS) is 14.5. The van der Waals surface area contributed by atoms with Crippen molar-refractivity contribution < 1.29 is 29.7 Å². The van der Waals surface area contributed by atoms with Crippen LogP contribution in [0.2, 0.25) is 0 Å². The minimum atomic E-state index is -1.10. The number of nitrogens with two attached hydrogens (primary N) is 3. The van der Waals surface area contributed by atoms with Crippen molar-refractivity contribution in [3.8, 4) is 0 Å². The fourth-order valence-electron chi connectivity index (χ4n) is 0.465. The number of hydrogen-bond donors (Lipinski definition) is 6. The molecule has 0 saturated carbocycles. The van der Waals surface area contributed by atoms with Gasteiger partial charge >= 0.3 is 17.9 Å². The average Bonchev–Trinajstić information content (AvgIpc) is 2.28. The van der Waals surface area contributed by atoms with Crippen molar-refractivity contribution in [1.82, 2.24) is 0 Å². The molecular weight excluding hydrogens is 278 g/mol. The van der Waals surface area contributed by atoms with Crippen LogP contribution in [0.15, 0.2) is 0 Å². The van der Waals surface area contributed by atoms with Gasteiger partial charge in [0, 0.05) is 11.5 Å². The molecule has 0 saturated heterocycles. The average molecular weight is 297 g/mol. The number of rotatable bonds is 7. The van der Waals surface area contributed by atoms with Crippen LogP contribution in [0.3, 0.4) is 0 Å².